The second-order valence-corrected chi connectivity index (χ2v) is 4.89. The first-order chi connectivity index (χ1) is 10.1. The smallest absolute Gasteiger partial charge is 0.167 e. The average Bonchev–Trinajstić information content (AvgIpc) is 2.44. The summed E-state index contributed by atoms with van der Waals surface area (Å²) in [6.07, 6.45) is 0.723. The molecule has 2 aromatic carbocycles. The van der Waals surface area contributed by atoms with Crippen LogP contribution in [0.1, 0.15) is 21.5 Å². The van der Waals surface area contributed by atoms with Gasteiger partial charge in [0.1, 0.15) is 11.6 Å². The highest BCUT2D eigenvalue weighted by Crippen LogP contribution is 2.15. The molecule has 0 spiro atoms. The van der Waals surface area contributed by atoms with E-state index in [1.54, 1.807) is 12.1 Å². The van der Waals surface area contributed by atoms with E-state index in [2.05, 4.69) is 5.32 Å². The van der Waals surface area contributed by atoms with E-state index < -0.39 is 11.6 Å². The van der Waals surface area contributed by atoms with Crippen LogP contribution in [0, 0.1) is 11.6 Å². The number of rotatable bonds is 6. The second-order valence-electron chi connectivity index (χ2n) is 4.89. The predicted octanol–water partition coefficient (Wildman–Crippen LogP) is 3.15. The van der Waals surface area contributed by atoms with Crippen molar-refractivity contribution >= 4 is 5.78 Å². The molecule has 110 valence electrons. The molecular weight excluding hydrogens is 272 g/mol. The van der Waals surface area contributed by atoms with Crippen LogP contribution in [0.2, 0.25) is 0 Å². The summed E-state index contributed by atoms with van der Waals surface area (Å²) in [6.45, 7) is 0.763. The van der Waals surface area contributed by atoms with Crippen molar-refractivity contribution in [1.82, 2.24) is 5.32 Å². The third-order valence-electron chi connectivity index (χ3n) is 3.25. The first-order valence-corrected chi connectivity index (χ1v) is 6.81. The SMILES string of the molecule is CNCCc1ccccc1C(=O)Cc1cc(F)cc(F)c1. The van der Waals surface area contributed by atoms with Gasteiger partial charge in [0, 0.05) is 18.1 Å². The number of Topliss-reactive ketones (excluding diaryl/α,β-unsaturated/α-hetero) is 1. The lowest BCUT2D eigenvalue weighted by atomic mass is 9.97. The molecule has 4 heteroatoms. The molecule has 0 radical (unpaired) electrons. The first kappa shape index (κ1) is 15.3. The minimum atomic E-state index is -0.665. The number of carbonyl (C=O) groups is 1. The molecule has 0 aliphatic heterocycles. The van der Waals surface area contributed by atoms with E-state index in [1.165, 1.54) is 12.1 Å². The number of likely N-dealkylation sites (N-methyl/N-ethyl adjacent to an activating group) is 1. The number of benzene rings is 2. The van der Waals surface area contributed by atoms with Gasteiger partial charge in [-0.3, -0.25) is 4.79 Å². The van der Waals surface area contributed by atoms with E-state index in [0.29, 0.717) is 11.1 Å². The number of ketones is 1. The first-order valence-electron chi connectivity index (χ1n) is 6.81. The summed E-state index contributed by atoms with van der Waals surface area (Å²) in [5, 5.41) is 3.04. The fraction of sp³-hybridized carbons (Fsp3) is 0.235. The Kier molecular flexibility index (Phi) is 5.17. The predicted molar refractivity (Wildman–Crippen MR) is 78.5 cm³/mol. The molecule has 0 fully saturated rings. The van der Waals surface area contributed by atoms with E-state index in [4.69, 9.17) is 0 Å². The van der Waals surface area contributed by atoms with Crippen molar-refractivity contribution in [2.75, 3.05) is 13.6 Å². The standard InChI is InChI=1S/C17H17F2NO/c1-20-7-6-13-4-2-3-5-16(13)17(21)10-12-8-14(18)11-15(19)9-12/h2-5,8-9,11,20H,6-7,10H2,1H3. The van der Waals surface area contributed by atoms with Gasteiger partial charge in [0.15, 0.2) is 5.78 Å². The van der Waals surface area contributed by atoms with Gasteiger partial charge in [-0.2, -0.15) is 0 Å². The third kappa shape index (κ3) is 4.20. The van der Waals surface area contributed by atoms with Crippen molar-refractivity contribution in [3.05, 3.63) is 70.8 Å². The molecule has 0 saturated carbocycles. The molecule has 0 saturated heterocycles. The fourth-order valence-corrected chi connectivity index (χ4v) is 2.26. The summed E-state index contributed by atoms with van der Waals surface area (Å²) < 4.78 is 26.3. The summed E-state index contributed by atoms with van der Waals surface area (Å²) in [7, 11) is 1.85. The van der Waals surface area contributed by atoms with Crippen LogP contribution in [-0.4, -0.2) is 19.4 Å². The lowest BCUT2D eigenvalue weighted by Crippen LogP contribution is -2.14. The van der Waals surface area contributed by atoms with Crippen molar-refractivity contribution in [2.24, 2.45) is 0 Å². The van der Waals surface area contributed by atoms with Crippen LogP contribution in [0.15, 0.2) is 42.5 Å². The topological polar surface area (TPSA) is 29.1 Å². The van der Waals surface area contributed by atoms with Gasteiger partial charge in [-0.15, -0.1) is 0 Å². The number of hydrogen-bond donors (Lipinski definition) is 1. The van der Waals surface area contributed by atoms with Gasteiger partial charge in [0.2, 0.25) is 0 Å². The number of nitrogens with one attached hydrogen (secondary N) is 1. The summed E-state index contributed by atoms with van der Waals surface area (Å²) in [5.41, 5.74) is 1.90. The van der Waals surface area contributed by atoms with Crippen molar-refractivity contribution in [3.8, 4) is 0 Å². The molecule has 0 aromatic heterocycles. The number of hydrogen-bond acceptors (Lipinski definition) is 2. The zero-order valence-electron chi connectivity index (χ0n) is 11.8. The molecule has 0 heterocycles. The van der Waals surface area contributed by atoms with Gasteiger partial charge in [0.25, 0.3) is 0 Å². The van der Waals surface area contributed by atoms with E-state index in [1.807, 2.05) is 19.2 Å². The van der Waals surface area contributed by atoms with Gasteiger partial charge in [-0.05, 0) is 43.3 Å². The van der Waals surface area contributed by atoms with E-state index in [-0.39, 0.29) is 12.2 Å². The second kappa shape index (κ2) is 7.09. The lowest BCUT2D eigenvalue weighted by molar-refractivity contribution is 0.0992. The third-order valence-corrected chi connectivity index (χ3v) is 3.25. The molecule has 0 bridgehead atoms. The van der Waals surface area contributed by atoms with Crippen LogP contribution in [0.4, 0.5) is 8.78 Å². The highest BCUT2D eigenvalue weighted by molar-refractivity contribution is 5.98. The summed E-state index contributed by atoms with van der Waals surface area (Å²) in [5.74, 6) is -1.46. The largest absolute Gasteiger partial charge is 0.319 e. The Morgan fingerprint density at radius 1 is 1.10 bits per heavy atom. The Balaban J connectivity index is 2.20. The molecule has 2 rings (SSSR count). The molecule has 0 unspecified atom stereocenters. The molecule has 21 heavy (non-hydrogen) atoms. The lowest BCUT2D eigenvalue weighted by Gasteiger charge is -2.09. The maximum atomic E-state index is 13.2. The zero-order valence-corrected chi connectivity index (χ0v) is 11.8. The minimum Gasteiger partial charge on any atom is -0.319 e. The molecule has 2 aromatic rings. The minimum absolute atomic E-state index is 0.00868. The molecule has 0 atom stereocenters. The summed E-state index contributed by atoms with van der Waals surface area (Å²) >= 11 is 0. The monoisotopic (exact) mass is 289 g/mol. The van der Waals surface area contributed by atoms with Crippen LogP contribution < -0.4 is 5.32 Å². The Labute approximate surface area is 122 Å². The van der Waals surface area contributed by atoms with Crippen LogP contribution >= 0.6 is 0 Å². The molecular formula is C17H17F2NO. The van der Waals surface area contributed by atoms with E-state index in [9.17, 15) is 13.6 Å². The molecule has 1 N–H and O–H groups in total. The quantitative estimate of drug-likeness (QED) is 0.828. The maximum Gasteiger partial charge on any atom is 0.167 e. The van der Waals surface area contributed by atoms with Crippen molar-refractivity contribution in [1.29, 1.82) is 0 Å². The molecule has 2 nitrogen and oxygen atoms in total. The Bertz CT molecular complexity index is 620. The van der Waals surface area contributed by atoms with Crippen molar-refractivity contribution in [2.45, 2.75) is 12.8 Å². The summed E-state index contributed by atoms with van der Waals surface area (Å²) in [6, 6.07) is 10.5. The Hall–Kier alpha value is -2.07. The van der Waals surface area contributed by atoms with Gasteiger partial charge in [0.05, 0.1) is 0 Å². The van der Waals surface area contributed by atoms with Gasteiger partial charge in [-0.25, -0.2) is 8.78 Å². The normalized spacial score (nSPS) is 10.6. The van der Waals surface area contributed by atoms with Gasteiger partial charge in [-0.1, -0.05) is 24.3 Å². The maximum absolute atomic E-state index is 13.2. The van der Waals surface area contributed by atoms with Crippen LogP contribution in [0.25, 0.3) is 0 Å². The van der Waals surface area contributed by atoms with Crippen molar-refractivity contribution < 1.29 is 13.6 Å². The van der Waals surface area contributed by atoms with Gasteiger partial charge >= 0.3 is 0 Å². The highest BCUT2D eigenvalue weighted by Gasteiger charge is 2.12. The van der Waals surface area contributed by atoms with E-state index >= 15 is 0 Å². The van der Waals surface area contributed by atoms with Gasteiger partial charge < -0.3 is 5.32 Å². The average molecular weight is 289 g/mol. The Morgan fingerprint density at radius 3 is 2.43 bits per heavy atom. The summed E-state index contributed by atoms with van der Waals surface area (Å²) in [4.78, 5) is 12.4. The molecule has 0 aliphatic carbocycles. The van der Waals surface area contributed by atoms with Crippen LogP contribution in [0.3, 0.4) is 0 Å². The zero-order chi connectivity index (χ0) is 15.2. The number of carbonyl (C=O) groups excluding carboxylic acids is 1. The van der Waals surface area contributed by atoms with Crippen molar-refractivity contribution in [3.63, 3.8) is 0 Å². The fourth-order valence-electron chi connectivity index (χ4n) is 2.26. The van der Waals surface area contributed by atoms with Crippen LogP contribution in [-0.2, 0) is 12.8 Å². The van der Waals surface area contributed by atoms with Crippen LogP contribution in [0.5, 0.6) is 0 Å². The number of halogens is 2. The highest BCUT2D eigenvalue weighted by atomic mass is 19.1. The molecule has 0 aliphatic rings. The Morgan fingerprint density at radius 2 is 1.76 bits per heavy atom. The molecule has 0 amide bonds. The van der Waals surface area contributed by atoms with E-state index in [0.717, 1.165) is 24.6 Å².